The number of hydrogen-bond acceptors (Lipinski definition) is 3. The van der Waals surface area contributed by atoms with Gasteiger partial charge in [-0.25, -0.2) is 4.39 Å². The Hall–Kier alpha value is -2.89. The molecule has 1 aliphatic carbocycles. The first-order valence-electron chi connectivity index (χ1n) is 11.9. The second kappa shape index (κ2) is 8.47. The Morgan fingerprint density at radius 1 is 1.03 bits per heavy atom. The molecule has 0 unspecified atom stereocenters. The van der Waals surface area contributed by atoms with Gasteiger partial charge in [0.2, 0.25) is 5.91 Å². The fraction of sp³-hybridized carbons (Fsp3) is 0.481. The van der Waals surface area contributed by atoms with Gasteiger partial charge in [-0.05, 0) is 49.8 Å². The Bertz CT molecular complexity index is 1040. The molecule has 2 aromatic carbocycles. The summed E-state index contributed by atoms with van der Waals surface area (Å²) in [7, 11) is 0. The summed E-state index contributed by atoms with van der Waals surface area (Å²) in [5.41, 5.74) is 1.01. The van der Waals surface area contributed by atoms with Gasteiger partial charge in [-0.1, -0.05) is 49.4 Å². The summed E-state index contributed by atoms with van der Waals surface area (Å²) < 4.78 is 19.7. The number of ether oxygens (including phenoxy) is 1. The van der Waals surface area contributed by atoms with Crippen LogP contribution >= 0.6 is 0 Å². The van der Waals surface area contributed by atoms with Crippen LogP contribution in [0.1, 0.15) is 45.1 Å². The van der Waals surface area contributed by atoms with Crippen LogP contribution in [-0.4, -0.2) is 52.4 Å². The Morgan fingerprint density at radius 3 is 2.39 bits per heavy atom. The summed E-state index contributed by atoms with van der Waals surface area (Å²) in [4.78, 5) is 30.6. The molecule has 2 amide bonds. The fourth-order valence-electron chi connectivity index (χ4n) is 6.77. The van der Waals surface area contributed by atoms with Crippen molar-refractivity contribution in [3.05, 3.63) is 66.0 Å². The molecule has 174 valence electrons. The predicted octanol–water partition coefficient (Wildman–Crippen LogP) is 4.21. The van der Waals surface area contributed by atoms with E-state index in [2.05, 4.69) is 24.0 Å². The van der Waals surface area contributed by atoms with Gasteiger partial charge in [0, 0.05) is 24.4 Å². The molecular formula is C27H31FN2O3. The van der Waals surface area contributed by atoms with Crippen LogP contribution in [0.25, 0.3) is 0 Å². The van der Waals surface area contributed by atoms with Crippen molar-refractivity contribution >= 4 is 11.8 Å². The maximum Gasteiger partial charge on any atom is 0.261 e. The molecule has 2 aromatic rings. The number of carbonyl (C=O) groups is 2. The molecule has 1 saturated carbocycles. The van der Waals surface area contributed by atoms with Gasteiger partial charge in [-0.2, -0.15) is 0 Å². The molecule has 2 bridgehead atoms. The Kier molecular flexibility index (Phi) is 5.63. The third-order valence-electron chi connectivity index (χ3n) is 8.08. The second-order valence-electron chi connectivity index (χ2n) is 9.94. The van der Waals surface area contributed by atoms with Crippen molar-refractivity contribution in [3.63, 3.8) is 0 Å². The number of benzene rings is 2. The Morgan fingerprint density at radius 2 is 1.70 bits per heavy atom. The third kappa shape index (κ3) is 3.69. The van der Waals surface area contributed by atoms with Gasteiger partial charge in [-0.3, -0.25) is 9.59 Å². The number of rotatable bonds is 5. The second-order valence-corrected chi connectivity index (χ2v) is 9.94. The van der Waals surface area contributed by atoms with Gasteiger partial charge < -0.3 is 14.5 Å². The van der Waals surface area contributed by atoms with E-state index in [0.29, 0.717) is 6.42 Å². The number of likely N-dealkylation sites (tertiary alicyclic amines) is 2. The van der Waals surface area contributed by atoms with Crippen LogP contribution in [0.4, 0.5) is 4.39 Å². The van der Waals surface area contributed by atoms with E-state index in [1.165, 1.54) is 6.07 Å². The summed E-state index contributed by atoms with van der Waals surface area (Å²) in [5, 5.41) is 0. The van der Waals surface area contributed by atoms with Gasteiger partial charge >= 0.3 is 0 Å². The van der Waals surface area contributed by atoms with Crippen LogP contribution in [0.5, 0.6) is 5.75 Å². The van der Waals surface area contributed by atoms with Crippen LogP contribution in [0.2, 0.25) is 0 Å². The maximum atomic E-state index is 14.1. The molecule has 0 spiro atoms. The van der Waals surface area contributed by atoms with E-state index in [1.807, 2.05) is 23.1 Å². The number of piperidine rings is 1. The number of carbonyl (C=O) groups excluding carboxylic acids is 2. The lowest BCUT2D eigenvalue weighted by Crippen LogP contribution is -2.63. The first-order chi connectivity index (χ1) is 15.9. The topological polar surface area (TPSA) is 49.9 Å². The average Bonchev–Trinajstić information content (AvgIpc) is 3.12. The first-order valence-corrected chi connectivity index (χ1v) is 11.9. The van der Waals surface area contributed by atoms with Crippen molar-refractivity contribution in [3.8, 4) is 5.75 Å². The van der Waals surface area contributed by atoms with E-state index in [4.69, 9.17) is 4.74 Å². The maximum absolute atomic E-state index is 14.1. The number of fused-ring (bicyclic) bond motifs is 1. The summed E-state index contributed by atoms with van der Waals surface area (Å²) in [5.74, 6) is -0.434. The molecule has 2 saturated heterocycles. The minimum atomic E-state index is -0.475. The number of para-hydroxylation sites is 1. The zero-order valence-electron chi connectivity index (χ0n) is 19.2. The zero-order valence-corrected chi connectivity index (χ0v) is 19.2. The molecule has 3 fully saturated rings. The minimum absolute atomic E-state index is 0.0236. The first kappa shape index (κ1) is 21.9. The lowest BCUT2D eigenvalue weighted by atomic mass is 9.64. The van der Waals surface area contributed by atoms with Crippen LogP contribution in [0, 0.1) is 11.2 Å². The van der Waals surface area contributed by atoms with Crippen LogP contribution in [0.15, 0.2) is 54.6 Å². The highest BCUT2D eigenvalue weighted by Crippen LogP contribution is 2.56. The summed E-state index contributed by atoms with van der Waals surface area (Å²) in [6.45, 7) is 3.69. The molecule has 6 heteroatoms. The van der Waals surface area contributed by atoms with Gasteiger partial charge in [0.05, 0.1) is 12.1 Å². The van der Waals surface area contributed by atoms with Gasteiger partial charge in [0.15, 0.2) is 18.2 Å². The molecule has 2 aliphatic heterocycles. The molecule has 3 aliphatic rings. The Balaban J connectivity index is 1.49. The normalized spacial score (nSPS) is 30.3. The van der Waals surface area contributed by atoms with Crippen molar-refractivity contribution in [1.29, 1.82) is 0 Å². The lowest BCUT2D eigenvalue weighted by molar-refractivity contribution is -0.147. The standard InChI is InChI=1S/C27H31FN2O3/c1-18(31)29-22-16-27(2)24(29)13-8-14-25(27)30(21(22)15-19-9-4-3-5-10-19)26(32)17-33-23-12-7-6-11-20(23)28/h3-7,9-12,21-22,24-25H,8,13-17H2,1-2H3/t21-,22-,24-,25+,27-/m0/s1. The fourth-order valence-corrected chi connectivity index (χ4v) is 6.77. The molecule has 5 nitrogen and oxygen atoms in total. The molecule has 2 heterocycles. The SMILES string of the molecule is CC(=O)N1[C@H]2CCC[C@H]3N(C(=O)COc4ccccc4F)[C@@H](Cc4ccccc4)[C@@H]1C[C@@]23C. The van der Waals surface area contributed by atoms with Gasteiger partial charge in [0.25, 0.3) is 5.91 Å². The number of amides is 2. The average molecular weight is 451 g/mol. The molecule has 0 aromatic heterocycles. The monoisotopic (exact) mass is 450 g/mol. The highest BCUT2D eigenvalue weighted by Gasteiger charge is 2.64. The van der Waals surface area contributed by atoms with Crippen molar-refractivity contribution in [1.82, 2.24) is 9.80 Å². The van der Waals surface area contributed by atoms with E-state index in [9.17, 15) is 14.0 Å². The van der Waals surface area contributed by atoms with Crippen LogP contribution in [-0.2, 0) is 16.0 Å². The van der Waals surface area contributed by atoms with Crippen LogP contribution in [0.3, 0.4) is 0 Å². The quantitative estimate of drug-likeness (QED) is 0.686. The lowest BCUT2D eigenvalue weighted by Gasteiger charge is -2.53. The summed E-state index contributed by atoms with van der Waals surface area (Å²) >= 11 is 0. The highest BCUT2D eigenvalue weighted by molar-refractivity contribution is 5.80. The van der Waals surface area contributed by atoms with E-state index in [-0.39, 0.29) is 53.8 Å². The Labute approximate surface area is 194 Å². The number of halogens is 1. The minimum Gasteiger partial charge on any atom is -0.481 e. The van der Waals surface area contributed by atoms with Crippen molar-refractivity contribution < 1.29 is 18.7 Å². The zero-order chi connectivity index (χ0) is 23.2. The molecule has 0 radical (unpaired) electrons. The van der Waals surface area contributed by atoms with E-state index < -0.39 is 5.82 Å². The predicted molar refractivity (Wildman–Crippen MR) is 123 cm³/mol. The van der Waals surface area contributed by atoms with Gasteiger partial charge in [0.1, 0.15) is 0 Å². The molecule has 5 atom stereocenters. The van der Waals surface area contributed by atoms with Crippen molar-refractivity contribution in [2.75, 3.05) is 6.61 Å². The number of nitrogens with zero attached hydrogens (tertiary/aromatic N) is 2. The molecule has 33 heavy (non-hydrogen) atoms. The van der Waals surface area contributed by atoms with Crippen LogP contribution < -0.4 is 4.74 Å². The summed E-state index contributed by atoms with van der Waals surface area (Å²) in [6, 6.07) is 16.4. The molecular weight excluding hydrogens is 419 g/mol. The largest absolute Gasteiger partial charge is 0.481 e. The third-order valence-corrected chi connectivity index (χ3v) is 8.08. The van der Waals surface area contributed by atoms with Gasteiger partial charge in [-0.15, -0.1) is 0 Å². The highest BCUT2D eigenvalue weighted by atomic mass is 19.1. The molecule has 5 rings (SSSR count). The van der Waals surface area contributed by atoms with Crippen molar-refractivity contribution in [2.24, 2.45) is 5.41 Å². The van der Waals surface area contributed by atoms with Crippen molar-refractivity contribution in [2.45, 2.75) is 70.1 Å². The van der Waals surface area contributed by atoms with E-state index in [1.54, 1.807) is 25.1 Å². The molecule has 0 N–H and O–H groups in total. The van der Waals surface area contributed by atoms with E-state index in [0.717, 1.165) is 31.2 Å². The smallest absolute Gasteiger partial charge is 0.261 e. The van der Waals surface area contributed by atoms with E-state index >= 15 is 0 Å². The summed E-state index contributed by atoms with van der Waals surface area (Å²) in [6.07, 6.45) is 4.48. The number of hydrogen-bond donors (Lipinski definition) is 0.